The zero-order chi connectivity index (χ0) is 14.6. The number of hydrogen-bond acceptors (Lipinski definition) is 2. The van der Waals surface area contributed by atoms with E-state index in [2.05, 4.69) is 19.9 Å². The lowest BCUT2D eigenvalue weighted by Crippen LogP contribution is -2.43. The third kappa shape index (κ3) is 3.01. The van der Waals surface area contributed by atoms with Gasteiger partial charge in [-0.1, -0.05) is 50.6 Å². The first-order chi connectivity index (χ1) is 9.59. The third-order valence-corrected chi connectivity index (χ3v) is 4.64. The molecule has 1 aromatic carbocycles. The summed E-state index contributed by atoms with van der Waals surface area (Å²) in [5.41, 5.74) is 1.15. The van der Waals surface area contributed by atoms with Gasteiger partial charge in [0.25, 0.3) is 0 Å². The molecule has 2 rings (SSSR count). The van der Waals surface area contributed by atoms with Gasteiger partial charge in [-0.05, 0) is 23.8 Å². The predicted molar refractivity (Wildman–Crippen MR) is 79.0 cm³/mol. The standard InChI is InChI=1S/C17H22N2O/c1-3-17(2)9-11-19(12-10-17)16(20)15(13-18)14-7-5-4-6-8-14/h4-8,15H,3,9-12H2,1-2H3. The highest BCUT2D eigenvalue weighted by atomic mass is 16.2. The quantitative estimate of drug-likeness (QED) is 0.845. The van der Waals surface area contributed by atoms with E-state index < -0.39 is 5.92 Å². The van der Waals surface area contributed by atoms with Crippen molar-refractivity contribution in [2.45, 2.75) is 39.0 Å². The largest absolute Gasteiger partial charge is 0.341 e. The van der Waals surface area contributed by atoms with E-state index in [1.165, 1.54) is 0 Å². The van der Waals surface area contributed by atoms with Crippen LogP contribution in [0.4, 0.5) is 0 Å². The normalized spacial score (nSPS) is 19.1. The number of benzene rings is 1. The summed E-state index contributed by atoms with van der Waals surface area (Å²) >= 11 is 0. The van der Waals surface area contributed by atoms with Gasteiger partial charge in [-0.25, -0.2) is 0 Å². The molecule has 0 radical (unpaired) electrons. The molecule has 0 bridgehead atoms. The van der Waals surface area contributed by atoms with Gasteiger partial charge in [0.2, 0.25) is 5.91 Å². The zero-order valence-electron chi connectivity index (χ0n) is 12.3. The van der Waals surface area contributed by atoms with Gasteiger partial charge in [0.05, 0.1) is 6.07 Å². The minimum Gasteiger partial charge on any atom is -0.341 e. The van der Waals surface area contributed by atoms with E-state index in [-0.39, 0.29) is 5.91 Å². The number of amides is 1. The van der Waals surface area contributed by atoms with Gasteiger partial charge in [-0.3, -0.25) is 4.79 Å². The average Bonchev–Trinajstić information content (AvgIpc) is 2.50. The van der Waals surface area contributed by atoms with E-state index in [4.69, 9.17) is 0 Å². The Labute approximate surface area is 121 Å². The number of likely N-dealkylation sites (tertiary alicyclic amines) is 1. The number of carbonyl (C=O) groups excluding carboxylic acids is 1. The predicted octanol–water partition coefficient (Wildman–Crippen LogP) is 3.33. The van der Waals surface area contributed by atoms with Crippen LogP contribution in [0.5, 0.6) is 0 Å². The Morgan fingerprint density at radius 2 is 1.95 bits per heavy atom. The summed E-state index contributed by atoms with van der Waals surface area (Å²) in [5, 5.41) is 9.33. The van der Waals surface area contributed by atoms with Crippen LogP contribution >= 0.6 is 0 Å². The minimum atomic E-state index is -0.665. The van der Waals surface area contributed by atoms with Gasteiger partial charge < -0.3 is 4.90 Å². The van der Waals surface area contributed by atoms with E-state index in [9.17, 15) is 10.1 Å². The van der Waals surface area contributed by atoms with E-state index in [1.807, 2.05) is 35.2 Å². The zero-order valence-corrected chi connectivity index (χ0v) is 12.3. The van der Waals surface area contributed by atoms with Crippen molar-refractivity contribution in [2.75, 3.05) is 13.1 Å². The second kappa shape index (κ2) is 6.09. The van der Waals surface area contributed by atoms with Crippen LogP contribution in [0.15, 0.2) is 30.3 Å². The molecule has 0 aromatic heterocycles. The molecule has 0 aliphatic carbocycles. The van der Waals surface area contributed by atoms with Gasteiger partial charge in [-0.15, -0.1) is 0 Å². The Balaban J connectivity index is 2.07. The maximum Gasteiger partial charge on any atom is 0.244 e. The number of carbonyl (C=O) groups is 1. The van der Waals surface area contributed by atoms with Crippen molar-refractivity contribution >= 4 is 5.91 Å². The van der Waals surface area contributed by atoms with Crippen molar-refractivity contribution in [1.29, 1.82) is 5.26 Å². The molecule has 1 atom stereocenters. The molecule has 1 aliphatic heterocycles. The van der Waals surface area contributed by atoms with Crippen LogP contribution in [0.2, 0.25) is 0 Å². The number of nitrogens with zero attached hydrogens (tertiary/aromatic N) is 2. The number of nitriles is 1. The van der Waals surface area contributed by atoms with Gasteiger partial charge in [-0.2, -0.15) is 5.26 Å². The maximum absolute atomic E-state index is 12.5. The van der Waals surface area contributed by atoms with Crippen LogP contribution in [-0.2, 0) is 4.79 Å². The van der Waals surface area contributed by atoms with Crippen molar-refractivity contribution in [3.63, 3.8) is 0 Å². The van der Waals surface area contributed by atoms with Crippen molar-refractivity contribution < 1.29 is 4.79 Å². The SMILES string of the molecule is CCC1(C)CCN(C(=O)C(C#N)c2ccccc2)CC1. The Hall–Kier alpha value is -1.82. The summed E-state index contributed by atoms with van der Waals surface area (Å²) < 4.78 is 0. The summed E-state index contributed by atoms with van der Waals surface area (Å²) in [5.74, 6) is -0.709. The average molecular weight is 270 g/mol. The van der Waals surface area contributed by atoms with E-state index in [0.717, 1.165) is 37.9 Å². The fourth-order valence-electron chi connectivity index (χ4n) is 2.72. The van der Waals surface area contributed by atoms with Gasteiger partial charge in [0, 0.05) is 13.1 Å². The van der Waals surface area contributed by atoms with Crippen LogP contribution in [0, 0.1) is 16.7 Å². The molecule has 1 fully saturated rings. The molecule has 1 aliphatic rings. The lowest BCUT2D eigenvalue weighted by molar-refractivity contribution is -0.133. The fourth-order valence-corrected chi connectivity index (χ4v) is 2.72. The molecule has 106 valence electrons. The molecule has 1 saturated heterocycles. The van der Waals surface area contributed by atoms with Crippen molar-refractivity contribution in [3.8, 4) is 6.07 Å². The van der Waals surface area contributed by atoms with Crippen LogP contribution in [0.1, 0.15) is 44.6 Å². The topological polar surface area (TPSA) is 44.1 Å². The Kier molecular flexibility index (Phi) is 4.44. The summed E-state index contributed by atoms with van der Waals surface area (Å²) in [4.78, 5) is 14.4. The molecular formula is C17H22N2O. The summed E-state index contributed by atoms with van der Waals surface area (Å²) in [6.45, 7) is 6.04. The molecule has 1 aromatic rings. The van der Waals surface area contributed by atoms with Gasteiger partial charge in [0.1, 0.15) is 5.92 Å². The molecule has 3 heteroatoms. The van der Waals surface area contributed by atoms with Crippen molar-refractivity contribution in [3.05, 3.63) is 35.9 Å². The molecule has 0 spiro atoms. The summed E-state index contributed by atoms with van der Waals surface area (Å²) in [7, 11) is 0. The van der Waals surface area contributed by atoms with Crippen molar-refractivity contribution in [2.24, 2.45) is 5.41 Å². The molecule has 1 amide bonds. The van der Waals surface area contributed by atoms with Gasteiger partial charge in [0.15, 0.2) is 0 Å². The van der Waals surface area contributed by atoms with Crippen LogP contribution in [-0.4, -0.2) is 23.9 Å². The van der Waals surface area contributed by atoms with Crippen LogP contribution in [0.25, 0.3) is 0 Å². The molecule has 1 heterocycles. The van der Waals surface area contributed by atoms with Crippen molar-refractivity contribution in [1.82, 2.24) is 4.90 Å². The second-order valence-corrected chi connectivity index (χ2v) is 5.96. The Morgan fingerprint density at radius 3 is 2.45 bits per heavy atom. The molecular weight excluding hydrogens is 248 g/mol. The number of hydrogen-bond donors (Lipinski definition) is 0. The lowest BCUT2D eigenvalue weighted by atomic mass is 9.78. The molecule has 0 saturated carbocycles. The van der Waals surface area contributed by atoms with E-state index in [1.54, 1.807) is 0 Å². The first-order valence-electron chi connectivity index (χ1n) is 7.33. The maximum atomic E-state index is 12.5. The molecule has 0 N–H and O–H groups in total. The van der Waals surface area contributed by atoms with E-state index in [0.29, 0.717) is 5.41 Å². The first-order valence-corrected chi connectivity index (χ1v) is 7.33. The first kappa shape index (κ1) is 14.6. The lowest BCUT2D eigenvalue weighted by Gasteiger charge is -2.39. The summed E-state index contributed by atoms with van der Waals surface area (Å²) in [6.07, 6.45) is 3.21. The van der Waals surface area contributed by atoms with E-state index >= 15 is 0 Å². The Bertz CT molecular complexity index is 495. The highest BCUT2D eigenvalue weighted by Crippen LogP contribution is 2.34. The van der Waals surface area contributed by atoms with Gasteiger partial charge >= 0.3 is 0 Å². The molecule has 1 unspecified atom stereocenters. The molecule has 20 heavy (non-hydrogen) atoms. The van der Waals surface area contributed by atoms with Crippen LogP contribution < -0.4 is 0 Å². The number of piperidine rings is 1. The molecule has 3 nitrogen and oxygen atoms in total. The second-order valence-electron chi connectivity index (χ2n) is 5.96. The highest BCUT2D eigenvalue weighted by molar-refractivity contribution is 5.86. The highest BCUT2D eigenvalue weighted by Gasteiger charge is 2.33. The Morgan fingerprint density at radius 1 is 1.35 bits per heavy atom. The monoisotopic (exact) mass is 270 g/mol. The fraction of sp³-hybridized carbons (Fsp3) is 0.529. The summed E-state index contributed by atoms with van der Waals surface area (Å²) in [6, 6.07) is 11.5. The smallest absolute Gasteiger partial charge is 0.244 e. The number of rotatable bonds is 3. The minimum absolute atomic E-state index is 0.0446. The van der Waals surface area contributed by atoms with Crippen LogP contribution in [0.3, 0.4) is 0 Å². The third-order valence-electron chi connectivity index (χ3n) is 4.64.